The van der Waals surface area contributed by atoms with Gasteiger partial charge in [-0.1, -0.05) is 45.4 Å². The molecule has 0 amide bonds. The van der Waals surface area contributed by atoms with Crippen molar-refractivity contribution in [2.45, 2.75) is 89.9 Å². The van der Waals surface area contributed by atoms with Gasteiger partial charge in [0.1, 0.15) is 11.9 Å². The van der Waals surface area contributed by atoms with Gasteiger partial charge in [-0.15, -0.1) is 0 Å². The summed E-state index contributed by atoms with van der Waals surface area (Å²) in [6.07, 6.45) is 1.60. The zero-order chi connectivity index (χ0) is 27.7. The van der Waals surface area contributed by atoms with E-state index >= 15 is 0 Å². The Hall–Kier alpha value is -1.81. The summed E-state index contributed by atoms with van der Waals surface area (Å²) in [4.78, 5) is 26.7. The van der Waals surface area contributed by atoms with Crippen molar-refractivity contribution < 1.29 is 36.8 Å². The fraction of sp³-hybridized carbons (Fsp3) is 0.724. The molecule has 8 nitrogen and oxygen atoms in total. The number of carbonyl (C=O) groups excluding carboxylic acids is 2. The highest BCUT2D eigenvalue weighted by Crippen LogP contribution is 2.68. The monoisotopic (exact) mass is 548 g/mol. The van der Waals surface area contributed by atoms with Crippen LogP contribution in [-0.4, -0.2) is 56.8 Å². The van der Waals surface area contributed by atoms with Gasteiger partial charge in [0, 0.05) is 23.2 Å². The molecule has 4 fully saturated rings. The van der Waals surface area contributed by atoms with Crippen LogP contribution in [0.5, 0.6) is 0 Å². The molecule has 3 aliphatic carbocycles. The molecule has 0 aromatic heterocycles. The highest BCUT2D eigenvalue weighted by molar-refractivity contribution is 7.86. The summed E-state index contributed by atoms with van der Waals surface area (Å²) in [6, 6.07) is 6.19. The van der Waals surface area contributed by atoms with Crippen LogP contribution >= 0.6 is 0 Å². The number of hydrogen-bond donors (Lipinski definition) is 1. The zero-order valence-electron chi connectivity index (χ0n) is 22.9. The van der Waals surface area contributed by atoms with Gasteiger partial charge in [0.25, 0.3) is 10.1 Å². The molecular weight excluding hydrogens is 508 g/mol. The van der Waals surface area contributed by atoms with E-state index in [2.05, 4.69) is 20.8 Å². The Labute approximate surface area is 225 Å². The predicted molar refractivity (Wildman–Crippen MR) is 139 cm³/mol. The third kappa shape index (κ3) is 4.25. The average Bonchev–Trinajstić information content (AvgIpc) is 3.67. The van der Waals surface area contributed by atoms with Crippen LogP contribution in [-0.2, 0) is 33.4 Å². The minimum Gasteiger partial charge on any atom is -0.460 e. The molecule has 2 bridgehead atoms. The summed E-state index contributed by atoms with van der Waals surface area (Å²) in [7, 11) is -4.15. The fourth-order valence-electron chi connectivity index (χ4n) is 8.14. The lowest BCUT2D eigenvalue weighted by Gasteiger charge is -2.62. The standard InChI is InChI=1S/C29H40O8S/c1-17-6-8-20(9-7-17)38(33,34)36-16-24(31)37-22-14-27(4,23-15-35-23)26(32)19(3)29-12-10-18(2)28(22,5)25(29)21(30)11-13-29/h6-9,18-19,22-23,25-26,32H,10-16H2,1-5H3/t18-,19+,22-,23?,25?,26+,27-,28+,29+/m1/s1. The second kappa shape index (κ2) is 9.39. The molecule has 210 valence electrons. The maximum absolute atomic E-state index is 13.5. The maximum Gasteiger partial charge on any atom is 0.333 e. The van der Waals surface area contributed by atoms with Gasteiger partial charge in [0.2, 0.25) is 0 Å². The van der Waals surface area contributed by atoms with Crippen LogP contribution in [0.3, 0.4) is 0 Å². The number of epoxide rings is 1. The van der Waals surface area contributed by atoms with Crippen LogP contribution in [0.1, 0.15) is 65.4 Å². The molecule has 1 heterocycles. The normalized spacial score (nSPS) is 42.6. The highest BCUT2D eigenvalue weighted by atomic mass is 32.2. The Morgan fingerprint density at radius 1 is 1.16 bits per heavy atom. The molecule has 3 saturated carbocycles. The summed E-state index contributed by atoms with van der Waals surface area (Å²) < 4.78 is 42.3. The quantitative estimate of drug-likeness (QED) is 0.324. The Morgan fingerprint density at radius 2 is 1.82 bits per heavy atom. The van der Waals surface area contributed by atoms with Gasteiger partial charge < -0.3 is 14.6 Å². The molecule has 0 spiro atoms. The number of ketones is 1. The van der Waals surface area contributed by atoms with E-state index in [4.69, 9.17) is 13.7 Å². The molecule has 1 N–H and O–H groups in total. The number of Topliss-reactive ketones (excluding diaryl/α,β-unsaturated/α-hetero) is 1. The van der Waals surface area contributed by atoms with E-state index in [0.717, 1.165) is 24.8 Å². The van der Waals surface area contributed by atoms with Gasteiger partial charge in [-0.3, -0.25) is 8.98 Å². The minimum absolute atomic E-state index is 0.0355. The number of aliphatic hydroxyl groups is 1. The molecule has 9 heteroatoms. The first kappa shape index (κ1) is 27.7. The van der Waals surface area contributed by atoms with Gasteiger partial charge in [0.05, 0.1) is 23.7 Å². The molecule has 2 unspecified atom stereocenters. The minimum atomic E-state index is -4.15. The lowest BCUT2D eigenvalue weighted by molar-refractivity contribution is -0.214. The largest absolute Gasteiger partial charge is 0.460 e. The molecule has 4 aliphatic rings. The van der Waals surface area contributed by atoms with Crippen molar-refractivity contribution in [3.63, 3.8) is 0 Å². The first-order valence-electron chi connectivity index (χ1n) is 13.7. The van der Waals surface area contributed by atoms with Crippen molar-refractivity contribution in [2.75, 3.05) is 13.2 Å². The van der Waals surface area contributed by atoms with Crippen molar-refractivity contribution in [3.05, 3.63) is 29.8 Å². The van der Waals surface area contributed by atoms with E-state index in [9.17, 15) is 23.1 Å². The first-order chi connectivity index (χ1) is 17.8. The maximum atomic E-state index is 13.5. The third-order valence-electron chi connectivity index (χ3n) is 10.8. The van der Waals surface area contributed by atoms with Crippen molar-refractivity contribution in [2.24, 2.45) is 34.0 Å². The number of benzene rings is 1. The zero-order valence-corrected chi connectivity index (χ0v) is 23.8. The third-order valence-corrected chi connectivity index (χ3v) is 12.1. The summed E-state index contributed by atoms with van der Waals surface area (Å²) in [5.41, 5.74) is -0.813. The second-order valence-corrected chi connectivity index (χ2v) is 14.3. The predicted octanol–water partition coefficient (Wildman–Crippen LogP) is 3.82. The molecule has 1 aliphatic heterocycles. The van der Waals surface area contributed by atoms with E-state index in [0.29, 0.717) is 19.4 Å². The van der Waals surface area contributed by atoms with Crippen LogP contribution in [0.15, 0.2) is 29.2 Å². The Morgan fingerprint density at radius 3 is 2.45 bits per heavy atom. The van der Waals surface area contributed by atoms with Gasteiger partial charge in [-0.05, 0) is 62.0 Å². The number of rotatable bonds is 6. The van der Waals surface area contributed by atoms with Crippen molar-refractivity contribution >= 4 is 21.9 Å². The first-order valence-corrected chi connectivity index (χ1v) is 15.1. The van der Waals surface area contributed by atoms with Crippen LogP contribution in [0, 0.1) is 40.9 Å². The molecule has 1 aromatic rings. The second-order valence-electron chi connectivity index (χ2n) is 12.7. The molecule has 0 radical (unpaired) electrons. The summed E-state index contributed by atoms with van der Waals surface area (Å²) in [5, 5.41) is 11.8. The molecule has 1 aromatic carbocycles. The topological polar surface area (TPSA) is 120 Å². The SMILES string of the molecule is Cc1ccc(S(=O)(=O)OCC(=O)O[C@@H]2C[C@](C)(C3CO3)[C@@H](O)[C@H](C)[C@]34CCC(=O)C3[C@@]2(C)[C@H](C)CC4)cc1. The summed E-state index contributed by atoms with van der Waals surface area (Å²) in [6.45, 7) is 9.84. The van der Waals surface area contributed by atoms with Gasteiger partial charge >= 0.3 is 5.97 Å². The van der Waals surface area contributed by atoms with Crippen molar-refractivity contribution in [1.82, 2.24) is 0 Å². The van der Waals surface area contributed by atoms with Crippen molar-refractivity contribution in [1.29, 1.82) is 0 Å². The van der Waals surface area contributed by atoms with Crippen LogP contribution in [0.2, 0.25) is 0 Å². The number of esters is 1. The number of carbonyl (C=O) groups is 2. The molecule has 5 rings (SSSR count). The fourth-order valence-corrected chi connectivity index (χ4v) is 9.00. The van der Waals surface area contributed by atoms with Gasteiger partial charge in [-0.25, -0.2) is 4.79 Å². The van der Waals surface area contributed by atoms with Gasteiger partial charge in [-0.2, -0.15) is 8.42 Å². The lowest BCUT2D eigenvalue weighted by atomic mass is 9.43. The van der Waals surface area contributed by atoms with E-state index in [1.165, 1.54) is 12.1 Å². The Bertz CT molecular complexity index is 1210. The lowest BCUT2D eigenvalue weighted by Crippen LogP contribution is -2.64. The molecule has 38 heavy (non-hydrogen) atoms. The number of hydrogen-bond acceptors (Lipinski definition) is 8. The highest BCUT2D eigenvalue weighted by Gasteiger charge is 2.70. The summed E-state index contributed by atoms with van der Waals surface area (Å²) >= 11 is 0. The molecular formula is C29H40O8S. The molecule has 1 saturated heterocycles. The smallest absolute Gasteiger partial charge is 0.333 e. The van der Waals surface area contributed by atoms with Crippen LogP contribution < -0.4 is 0 Å². The summed E-state index contributed by atoms with van der Waals surface area (Å²) in [5.74, 6) is -1.00. The van der Waals surface area contributed by atoms with E-state index in [-0.39, 0.29) is 40.0 Å². The van der Waals surface area contributed by atoms with Crippen LogP contribution in [0.4, 0.5) is 0 Å². The van der Waals surface area contributed by atoms with Crippen molar-refractivity contribution in [3.8, 4) is 0 Å². The van der Waals surface area contributed by atoms with Crippen LogP contribution in [0.25, 0.3) is 0 Å². The number of aryl methyl sites for hydroxylation is 1. The number of ether oxygens (including phenoxy) is 2. The number of aliphatic hydroxyl groups excluding tert-OH is 1. The average molecular weight is 549 g/mol. The molecule has 9 atom stereocenters. The van der Waals surface area contributed by atoms with E-state index in [1.54, 1.807) is 12.1 Å². The van der Waals surface area contributed by atoms with Gasteiger partial charge in [0.15, 0.2) is 6.61 Å². The Kier molecular flexibility index (Phi) is 6.86. The Balaban J connectivity index is 1.46. The van der Waals surface area contributed by atoms with E-state index in [1.807, 2.05) is 13.8 Å². The van der Waals surface area contributed by atoms with E-state index < -0.39 is 45.7 Å².